The fourth-order valence-corrected chi connectivity index (χ4v) is 7.51. The highest BCUT2D eigenvalue weighted by Crippen LogP contribution is 2.39. The van der Waals surface area contributed by atoms with E-state index in [-0.39, 0.29) is 37.0 Å². The molecule has 2 saturated carbocycles. The lowest BCUT2D eigenvalue weighted by atomic mass is 9.77. The van der Waals surface area contributed by atoms with Gasteiger partial charge >= 0.3 is 5.97 Å². The van der Waals surface area contributed by atoms with Crippen molar-refractivity contribution in [3.05, 3.63) is 66.0 Å². The minimum Gasteiger partial charge on any atom is -0.496 e. The molecule has 0 spiro atoms. The van der Waals surface area contributed by atoms with Crippen molar-refractivity contribution < 1.29 is 24.2 Å². The highest BCUT2D eigenvalue weighted by atomic mass is 16.5. The van der Waals surface area contributed by atoms with Gasteiger partial charge in [-0.05, 0) is 131 Å². The van der Waals surface area contributed by atoms with Crippen molar-refractivity contribution in [1.82, 2.24) is 9.78 Å². The number of carbonyl (C=O) groups excluding carboxylic acids is 2. The average Bonchev–Trinajstić information content (AvgIpc) is 3.60. The largest absolute Gasteiger partial charge is 0.496 e. The number of aromatic nitrogens is 2. The van der Waals surface area contributed by atoms with Gasteiger partial charge in [-0.2, -0.15) is 5.10 Å². The number of amides is 1. The Morgan fingerprint density at radius 3 is 2.38 bits per heavy atom. The first-order chi connectivity index (χ1) is 22.7. The summed E-state index contributed by atoms with van der Waals surface area (Å²) in [5.74, 6) is 2.31. The highest BCUT2D eigenvalue weighted by molar-refractivity contribution is 5.95. The van der Waals surface area contributed by atoms with Crippen LogP contribution in [0.25, 0.3) is 11.1 Å². The number of nitrogens with zero attached hydrogens (tertiary/aromatic N) is 3. The third kappa shape index (κ3) is 9.04. The Kier molecular flexibility index (Phi) is 12.1. The molecule has 0 saturated heterocycles. The fraction of sp³-hybridized carbons (Fsp3) is 0.564. The minimum atomic E-state index is -0.251. The third-order valence-electron chi connectivity index (χ3n) is 10.4. The lowest BCUT2D eigenvalue weighted by Gasteiger charge is -2.36. The van der Waals surface area contributed by atoms with Crippen molar-refractivity contribution >= 4 is 17.6 Å². The second-order valence-corrected chi connectivity index (χ2v) is 13.9. The van der Waals surface area contributed by atoms with Crippen molar-refractivity contribution in [2.45, 2.75) is 96.9 Å². The number of hydrogen-bond donors (Lipinski definition) is 1. The molecule has 47 heavy (non-hydrogen) atoms. The molecule has 8 nitrogen and oxygen atoms in total. The van der Waals surface area contributed by atoms with Crippen molar-refractivity contribution in [3.8, 4) is 16.9 Å². The maximum Gasteiger partial charge on any atom is 0.305 e. The van der Waals surface area contributed by atoms with E-state index in [4.69, 9.17) is 14.6 Å². The molecule has 1 aromatic heterocycles. The van der Waals surface area contributed by atoms with Crippen LogP contribution in [0.4, 0.5) is 5.69 Å². The van der Waals surface area contributed by atoms with Gasteiger partial charge in [-0.1, -0.05) is 24.3 Å². The number of ether oxygens (including phenoxy) is 2. The quantitative estimate of drug-likeness (QED) is 0.191. The van der Waals surface area contributed by atoms with Crippen LogP contribution < -0.4 is 9.64 Å². The number of aliphatic hydroxyl groups excluding tert-OH is 1. The Bertz CT molecular complexity index is 1470. The van der Waals surface area contributed by atoms with Crippen LogP contribution in [0.5, 0.6) is 5.75 Å². The van der Waals surface area contributed by atoms with Gasteiger partial charge in [0.15, 0.2) is 0 Å². The predicted molar refractivity (Wildman–Crippen MR) is 186 cm³/mol. The first kappa shape index (κ1) is 34.7. The van der Waals surface area contributed by atoms with Gasteiger partial charge in [-0.15, -0.1) is 0 Å². The number of hydrogen-bond acceptors (Lipinski definition) is 6. The van der Waals surface area contributed by atoms with Crippen molar-refractivity contribution in [3.63, 3.8) is 0 Å². The molecular formula is C39H53N3O5. The molecule has 8 heteroatoms. The number of esters is 1. The molecule has 1 N–H and O–H groups in total. The number of carbonyl (C=O) groups is 2. The third-order valence-corrected chi connectivity index (χ3v) is 10.4. The summed E-state index contributed by atoms with van der Waals surface area (Å²) in [4.78, 5) is 28.4. The molecule has 0 unspecified atom stereocenters. The summed E-state index contributed by atoms with van der Waals surface area (Å²) in [5.41, 5.74) is 5.66. The zero-order chi connectivity index (χ0) is 33.3. The molecule has 2 fully saturated rings. The van der Waals surface area contributed by atoms with Gasteiger partial charge in [0.2, 0.25) is 5.91 Å². The molecular weight excluding hydrogens is 590 g/mol. The van der Waals surface area contributed by atoms with Gasteiger partial charge in [-0.25, -0.2) is 0 Å². The van der Waals surface area contributed by atoms with Crippen LogP contribution in [0.15, 0.2) is 54.9 Å². The summed E-state index contributed by atoms with van der Waals surface area (Å²) >= 11 is 0. The van der Waals surface area contributed by atoms with Crippen LogP contribution in [0, 0.1) is 24.7 Å². The van der Waals surface area contributed by atoms with E-state index in [1.807, 2.05) is 10.9 Å². The molecule has 5 rings (SSSR count). The van der Waals surface area contributed by atoms with Gasteiger partial charge < -0.3 is 19.5 Å². The number of benzene rings is 2. The van der Waals surface area contributed by atoms with Gasteiger partial charge in [-0.3, -0.25) is 14.3 Å². The smallest absolute Gasteiger partial charge is 0.305 e. The monoisotopic (exact) mass is 643 g/mol. The molecule has 2 aromatic carbocycles. The number of aryl methyl sites for hydroxylation is 1. The zero-order valence-electron chi connectivity index (χ0n) is 28.7. The molecule has 2 aliphatic rings. The van der Waals surface area contributed by atoms with Crippen LogP contribution in [-0.2, 0) is 14.3 Å². The van der Waals surface area contributed by atoms with Crippen molar-refractivity contribution in [2.75, 3.05) is 31.8 Å². The molecule has 0 atom stereocenters. The van der Waals surface area contributed by atoms with Crippen molar-refractivity contribution in [1.29, 1.82) is 0 Å². The maximum atomic E-state index is 14.4. The summed E-state index contributed by atoms with van der Waals surface area (Å²) in [6.45, 7) is 6.99. The second-order valence-electron chi connectivity index (χ2n) is 13.9. The first-order valence-electron chi connectivity index (χ1n) is 17.6. The molecule has 0 bridgehead atoms. The van der Waals surface area contributed by atoms with Crippen molar-refractivity contribution in [2.24, 2.45) is 17.8 Å². The second kappa shape index (κ2) is 16.4. The van der Waals surface area contributed by atoms with Crippen LogP contribution in [0.1, 0.15) is 101 Å². The van der Waals surface area contributed by atoms with E-state index in [9.17, 15) is 9.59 Å². The molecule has 1 heterocycles. The summed E-state index contributed by atoms with van der Waals surface area (Å²) in [5, 5.41) is 13.5. The van der Waals surface area contributed by atoms with E-state index in [1.54, 1.807) is 7.11 Å². The average molecular weight is 644 g/mol. The summed E-state index contributed by atoms with van der Waals surface area (Å²) in [6.07, 6.45) is 13.2. The van der Waals surface area contributed by atoms with E-state index in [0.717, 1.165) is 86.9 Å². The minimum absolute atomic E-state index is 0.0152. The molecule has 254 valence electrons. The summed E-state index contributed by atoms with van der Waals surface area (Å²) in [7, 11) is 1.72. The Morgan fingerprint density at radius 1 is 0.979 bits per heavy atom. The Morgan fingerprint density at radius 2 is 1.72 bits per heavy atom. The summed E-state index contributed by atoms with van der Waals surface area (Å²) in [6, 6.07) is 15.3. The van der Waals surface area contributed by atoms with Gasteiger partial charge in [0.05, 0.1) is 19.9 Å². The van der Waals surface area contributed by atoms with Gasteiger partial charge in [0.1, 0.15) is 12.4 Å². The maximum absolute atomic E-state index is 14.4. The standard InChI is InChI=1S/C39H53N3O5/c1-27(2)42-26-35(24-40-42)33-6-5-7-36(23-33)41(39(45)32-15-8-29(9-16-32)12-19-38(44)47-21-20-43)25-30-10-13-31(14-11-30)34-17-18-37(46-4)28(3)22-34/h5-7,17-18,22-24,26-27,29-32,43H,8-16,19-21,25H2,1-4H3. The van der Waals surface area contributed by atoms with E-state index >= 15 is 0 Å². The SMILES string of the molecule is COc1ccc(C2CCC(CN(C(=O)C3CCC(CCC(=O)OCCO)CC3)c3cccc(-c4cnn(C(C)C)c4)c3)CC2)cc1C. The van der Waals surface area contributed by atoms with E-state index in [2.05, 4.69) is 79.4 Å². The molecule has 0 aliphatic heterocycles. The van der Waals surface area contributed by atoms with Crippen LogP contribution in [0.2, 0.25) is 0 Å². The normalized spacial score (nSPS) is 21.4. The topological polar surface area (TPSA) is 93.9 Å². The molecule has 2 aliphatic carbocycles. The lowest BCUT2D eigenvalue weighted by Crippen LogP contribution is -2.41. The van der Waals surface area contributed by atoms with E-state index < -0.39 is 0 Å². The van der Waals surface area contributed by atoms with Crippen LogP contribution in [-0.4, -0.2) is 53.6 Å². The number of aliphatic hydroxyl groups is 1. The highest BCUT2D eigenvalue weighted by Gasteiger charge is 2.33. The Balaban J connectivity index is 1.28. The Hall–Kier alpha value is -3.65. The van der Waals surface area contributed by atoms with Crippen LogP contribution in [0.3, 0.4) is 0 Å². The Labute approximate surface area is 280 Å². The molecule has 1 amide bonds. The molecule has 0 radical (unpaired) electrons. The number of anilines is 1. The molecule has 3 aromatic rings. The fourth-order valence-electron chi connectivity index (χ4n) is 7.51. The number of methoxy groups -OCH3 is 1. The summed E-state index contributed by atoms with van der Waals surface area (Å²) < 4.78 is 12.5. The van der Waals surface area contributed by atoms with Gasteiger partial charge in [0.25, 0.3) is 0 Å². The zero-order valence-corrected chi connectivity index (χ0v) is 28.7. The van der Waals surface area contributed by atoms with Crippen LogP contribution >= 0.6 is 0 Å². The predicted octanol–water partition coefficient (Wildman–Crippen LogP) is 7.88. The van der Waals surface area contributed by atoms with Gasteiger partial charge in [0, 0.05) is 42.4 Å². The lowest BCUT2D eigenvalue weighted by molar-refractivity contribution is -0.145. The first-order valence-corrected chi connectivity index (χ1v) is 17.6. The number of rotatable bonds is 13. The van der Waals surface area contributed by atoms with E-state index in [1.165, 1.54) is 11.1 Å². The van der Waals surface area contributed by atoms with E-state index in [0.29, 0.717) is 24.2 Å².